The number of hydrogen-bond acceptors (Lipinski definition) is 4. The second-order valence-corrected chi connectivity index (χ2v) is 15.1. The number of carbonyl (C=O) groups is 2. The lowest BCUT2D eigenvalue weighted by Gasteiger charge is -2.44. The number of hydrogen-bond donors (Lipinski definition) is 1. The average Bonchev–Trinajstić information content (AvgIpc) is 3.57. The largest absolute Gasteiger partial charge is 0.435 e. The Morgan fingerprint density at radius 2 is 1.52 bits per heavy atom. The summed E-state index contributed by atoms with van der Waals surface area (Å²) in [5.74, 6) is -2.87. The summed E-state index contributed by atoms with van der Waals surface area (Å²) in [5, 5.41) is 2.82. The second kappa shape index (κ2) is 10.6. The number of carbonyl (C=O) groups excluding carboxylic acids is 2. The molecule has 2 heterocycles. The lowest BCUT2D eigenvalue weighted by Crippen LogP contribution is -2.51. The van der Waals surface area contributed by atoms with Crippen molar-refractivity contribution in [2.24, 2.45) is 17.3 Å². The predicted octanol–water partition coefficient (Wildman–Crippen LogP) is 5.89. The fourth-order valence-electron chi connectivity index (χ4n) is 8.22. The van der Waals surface area contributed by atoms with Crippen molar-refractivity contribution in [2.45, 2.75) is 72.6 Å². The number of nitrogens with zero attached hydrogens (tertiary/aromatic N) is 1. The van der Waals surface area contributed by atoms with E-state index in [0.29, 0.717) is 51.0 Å². The van der Waals surface area contributed by atoms with E-state index in [4.69, 9.17) is 0 Å². The summed E-state index contributed by atoms with van der Waals surface area (Å²) in [6.07, 6.45) is -11.6. The zero-order valence-electron chi connectivity index (χ0n) is 24.3. The summed E-state index contributed by atoms with van der Waals surface area (Å²) in [6, 6.07) is 5.44. The highest BCUT2D eigenvalue weighted by Crippen LogP contribution is 2.61. The third-order valence-corrected chi connectivity index (χ3v) is 13.2. The summed E-state index contributed by atoms with van der Waals surface area (Å²) in [4.78, 5) is 27.1. The monoisotopic (exact) mass is 678 g/mol. The molecule has 1 spiro atoms. The van der Waals surface area contributed by atoms with Gasteiger partial charge in [-0.1, -0.05) is 18.2 Å². The van der Waals surface area contributed by atoms with Crippen molar-refractivity contribution < 1.29 is 53.1 Å². The minimum Gasteiger partial charge on any atom is -0.356 e. The number of fused-ring (bicyclic) bond motifs is 3. The van der Waals surface area contributed by atoms with Gasteiger partial charge in [-0.3, -0.25) is 9.59 Å². The van der Waals surface area contributed by atoms with Crippen LogP contribution in [-0.2, 0) is 36.3 Å². The van der Waals surface area contributed by atoms with Crippen molar-refractivity contribution in [1.82, 2.24) is 10.2 Å². The van der Waals surface area contributed by atoms with Gasteiger partial charge in [0.25, 0.3) is 0 Å². The van der Waals surface area contributed by atoms with Gasteiger partial charge in [-0.15, -0.1) is 0 Å². The topological polar surface area (TPSA) is 83.6 Å². The molecule has 3 fully saturated rings. The van der Waals surface area contributed by atoms with Crippen molar-refractivity contribution in [3.8, 4) is 0 Å². The van der Waals surface area contributed by atoms with E-state index in [1.807, 2.05) is 0 Å². The number of halogens is 8. The Balaban J connectivity index is 1.41. The number of benzene rings is 2. The van der Waals surface area contributed by atoms with Crippen molar-refractivity contribution in [3.63, 3.8) is 0 Å². The van der Waals surface area contributed by atoms with Crippen LogP contribution in [0.1, 0.15) is 55.2 Å². The molecule has 250 valence electrons. The molecule has 2 amide bonds. The molecule has 2 aliphatic heterocycles. The van der Waals surface area contributed by atoms with E-state index < -0.39 is 55.8 Å². The SMILES string of the molecule is O=C1CC2(CCN(C(=O)[C@@H]3CC[C@@]4(S(=O)(=O)c5ccc(F)cc5)c5ccc(C(F)(C(F)(F)F)C(F)(F)F)cc5CC[C@@H]34)CC2)CN1. The zero-order valence-corrected chi connectivity index (χ0v) is 25.1. The van der Waals surface area contributed by atoms with Gasteiger partial charge >= 0.3 is 18.0 Å². The Hall–Kier alpha value is -3.23. The van der Waals surface area contributed by atoms with E-state index >= 15 is 4.39 Å². The van der Waals surface area contributed by atoms with Crippen LogP contribution in [-0.4, -0.2) is 57.1 Å². The molecule has 0 radical (unpaired) electrons. The standard InChI is InChI=1S/C31H30F8N2O4S/c32-20-3-5-21(6-4-20)46(44,45)28-10-9-22(26(43)41-13-11-27(12-14-41)16-25(42)40-17-27)24(28)7-1-18-15-19(2-8-23(18)28)29(33,30(34,35)36)31(37,38)39/h2-6,8,15,22,24H,1,7,9-14,16-17H2,(H,40,42)/t22-,24+,28-/m1/s1. The van der Waals surface area contributed by atoms with Gasteiger partial charge in [-0.25, -0.2) is 17.2 Å². The Kier molecular flexibility index (Phi) is 7.57. The molecule has 0 bridgehead atoms. The summed E-state index contributed by atoms with van der Waals surface area (Å²) in [5.41, 5.74) is -7.96. The zero-order chi connectivity index (χ0) is 33.5. The Bertz CT molecular complexity index is 1650. The maximum atomic E-state index is 15.0. The van der Waals surface area contributed by atoms with Crippen LogP contribution in [0.4, 0.5) is 35.1 Å². The van der Waals surface area contributed by atoms with Gasteiger partial charge < -0.3 is 10.2 Å². The highest BCUT2D eigenvalue weighted by atomic mass is 32.2. The molecular formula is C31H30F8N2O4S. The number of amides is 2. The highest BCUT2D eigenvalue weighted by molar-refractivity contribution is 7.92. The van der Waals surface area contributed by atoms with Crippen molar-refractivity contribution in [1.29, 1.82) is 0 Å². The van der Waals surface area contributed by atoms with Crippen molar-refractivity contribution in [3.05, 3.63) is 65.0 Å². The first kappa shape index (κ1) is 32.7. The molecule has 15 heteroatoms. The van der Waals surface area contributed by atoms with Gasteiger partial charge in [-0.2, -0.15) is 26.3 Å². The molecule has 1 N–H and O–H groups in total. The third kappa shape index (κ3) is 4.73. The molecule has 0 unspecified atom stereocenters. The maximum Gasteiger partial charge on any atom is 0.435 e. The molecule has 2 aliphatic carbocycles. The van der Waals surface area contributed by atoms with Crippen LogP contribution in [0.25, 0.3) is 0 Å². The number of piperidine rings is 1. The summed E-state index contributed by atoms with van der Waals surface area (Å²) in [6.45, 7) is 1.17. The van der Waals surface area contributed by atoms with Gasteiger partial charge in [0.15, 0.2) is 9.84 Å². The molecule has 6 rings (SSSR count). The average molecular weight is 679 g/mol. The molecule has 2 aromatic rings. The third-order valence-electron chi connectivity index (χ3n) is 10.6. The van der Waals surface area contributed by atoms with E-state index in [1.54, 1.807) is 4.90 Å². The number of likely N-dealkylation sites (tertiary alicyclic amines) is 1. The quantitative estimate of drug-likeness (QED) is 0.324. The first-order chi connectivity index (χ1) is 21.4. The Morgan fingerprint density at radius 1 is 0.891 bits per heavy atom. The van der Waals surface area contributed by atoms with Gasteiger partial charge in [0, 0.05) is 37.5 Å². The lowest BCUT2D eigenvalue weighted by molar-refractivity contribution is -0.348. The van der Waals surface area contributed by atoms with E-state index in [-0.39, 0.29) is 58.9 Å². The van der Waals surface area contributed by atoms with E-state index in [1.165, 1.54) is 0 Å². The van der Waals surface area contributed by atoms with E-state index in [2.05, 4.69) is 5.32 Å². The van der Waals surface area contributed by atoms with Crippen LogP contribution in [0.15, 0.2) is 47.4 Å². The predicted molar refractivity (Wildman–Crippen MR) is 147 cm³/mol. The number of nitrogens with one attached hydrogen (secondary N) is 1. The van der Waals surface area contributed by atoms with E-state index in [0.717, 1.165) is 30.3 Å². The van der Waals surface area contributed by atoms with Crippen LogP contribution in [0, 0.1) is 23.1 Å². The van der Waals surface area contributed by atoms with Gasteiger partial charge in [0.2, 0.25) is 11.8 Å². The summed E-state index contributed by atoms with van der Waals surface area (Å²) in [7, 11) is -4.54. The number of alkyl halides is 7. The number of sulfone groups is 1. The fourth-order valence-corrected chi connectivity index (χ4v) is 10.7. The number of aryl methyl sites for hydroxylation is 1. The van der Waals surface area contributed by atoms with Crippen molar-refractivity contribution >= 4 is 21.7 Å². The minimum atomic E-state index is -6.35. The maximum absolute atomic E-state index is 15.0. The summed E-state index contributed by atoms with van der Waals surface area (Å²) >= 11 is 0. The number of rotatable bonds is 4. The molecule has 6 nitrogen and oxygen atoms in total. The molecule has 0 aromatic heterocycles. The molecule has 46 heavy (non-hydrogen) atoms. The Labute approximate surface area is 259 Å². The first-order valence-electron chi connectivity index (χ1n) is 14.9. The van der Waals surface area contributed by atoms with Gasteiger partial charge in [0.05, 0.1) is 4.90 Å². The van der Waals surface area contributed by atoms with Crippen LogP contribution in [0.2, 0.25) is 0 Å². The molecule has 2 saturated heterocycles. The highest BCUT2D eigenvalue weighted by Gasteiger charge is 2.74. The first-order valence-corrected chi connectivity index (χ1v) is 16.4. The molecule has 2 aromatic carbocycles. The van der Waals surface area contributed by atoms with Crippen LogP contribution in [0.5, 0.6) is 0 Å². The fraction of sp³-hybridized carbons (Fsp3) is 0.548. The van der Waals surface area contributed by atoms with Crippen molar-refractivity contribution in [2.75, 3.05) is 19.6 Å². The summed E-state index contributed by atoms with van der Waals surface area (Å²) < 4.78 is 137. The lowest BCUT2D eigenvalue weighted by atomic mass is 9.72. The van der Waals surface area contributed by atoms with Crippen LogP contribution < -0.4 is 5.32 Å². The molecule has 3 atom stereocenters. The van der Waals surface area contributed by atoms with Gasteiger partial charge in [0.1, 0.15) is 10.6 Å². The second-order valence-electron chi connectivity index (χ2n) is 12.9. The van der Waals surface area contributed by atoms with Crippen LogP contribution in [0.3, 0.4) is 0 Å². The molecular weight excluding hydrogens is 648 g/mol. The molecule has 4 aliphatic rings. The van der Waals surface area contributed by atoms with Gasteiger partial charge in [-0.05, 0) is 85.3 Å². The normalized spacial score (nSPS) is 26.5. The van der Waals surface area contributed by atoms with E-state index in [9.17, 15) is 48.7 Å². The van der Waals surface area contributed by atoms with Crippen LogP contribution >= 0.6 is 0 Å². The smallest absolute Gasteiger partial charge is 0.356 e. The molecule has 1 saturated carbocycles. The Morgan fingerprint density at radius 3 is 2.09 bits per heavy atom. The minimum absolute atomic E-state index is 0.0605.